The molecule has 0 amide bonds. The summed E-state index contributed by atoms with van der Waals surface area (Å²) in [7, 11) is 0. The van der Waals surface area contributed by atoms with Gasteiger partial charge in [0.2, 0.25) is 0 Å². The third kappa shape index (κ3) is 3.46. The van der Waals surface area contributed by atoms with Crippen LogP contribution >= 0.6 is 0 Å². The summed E-state index contributed by atoms with van der Waals surface area (Å²) in [6, 6.07) is 0. The molecule has 5 nitrogen and oxygen atoms in total. The molecule has 0 aromatic rings. The van der Waals surface area contributed by atoms with E-state index in [1.165, 1.54) is 5.57 Å². The molecule has 0 radical (unpaired) electrons. The molecule has 0 aromatic carbocycles. The van der Waals surface area contributed by atoms with E-state index in [1.54, 1.807) is 0 Å². The van der Waals surface area contributed by atoms with E-state index in [9.17, 15) is 0 Å². The van der Waals surface area contributed by atoms with Crippen molar-refractivity contribution in [3.63, 3.8) is 0 Å². The van der Waals surface area contributed by atoms with Gasteiger partial charge in [-0.25, -0.2) is 0 Å². The second-order valence-corrected chi connectivity index (χ2v) is 3.00. The Kier molecular flexibility index (Phi) is 4.32. The first-order valence-corrected chi connectivity index (χ1v) is 4.48. The predicted octanol–water partition coefficient (Wildman–Crippen LogP) is 1.15. The van der Waals surface area contributed by atoms with Crippen LogP contribution in [0.4, 0.5) is 0 Å². The smallest absolute Gasteiger partial charge is 0.0610 e. The van der Waals surface area contributed by atoms with Gasteiger partial charge in [-0.05, 0) is 18.9 Å². The fourth-order valence-electron chi connectivity index (χ4n) is 1.37. The van der Waals surface area contributed by atoms with Gasteiger partial charge in [-0.2, -0.15) is 0 Å². The van der Waals surface area contributed by atoms with Crippen molar-refractivity contribution < 1.29 is 0 Å². The number of hydrogen-bond acceptors (Lipinski definition) is 3. The molecule has 1 fully saturated rings. The van der Waals surface area contributed by atoms with Crippen molar-refractivity contribution in [2.24, 2.45) is 5.11 Å². The second kappa shape index (κ2) is 5.59. The largest absolute Gasteiger partial charge is 0.300 e. The molecule has 0 aliphatic carbocycles. The number of hydrogen-bond donors (Lipinski definition) is 2. The lowest BCUT2D eigenvalue weighted by molar-refractivity contribution is 0.545. The quantitative estimate of drug-likeness (QED) is 0.295. The average Bonchev–Trinajstić information content (AvgIpc) is 2.64. The minimum atomic E-state index is 0.347. The molecule has 1 saturated heterocycles. The van der Waals surface area contributed by atoms with Crippen LogP contribution < -0.4 is 10.6 Å². The maximum absolute atomic E-state index is 8.17. The fraction of sp³-hybridized carbons (Fsp3) is 0.750. The predicted molar refractivity (Wildman–Crippen MR) is 52.2 cm³/mol. The van der Waals surface area contributed by atoms with Crippen molar-refractivity contribution in [1.29, 1.82) is 0 Å². The van der Waals surface area contributed by atoms with Crippen LogP contribution in [0.15, 0.2) is 16.8 Å². The Labute approximate surface area is 77.8 Å². The molecular formula is C8H15N5. The van der Waals surface area contributed by atoms with Gasteiger partial charge in [-0.1, -0.05) is 16.8 Å². The summed E-state index contributed by atoms with van der Waals surface area (Å²) in [5.74, 6) is 0. The fourth-order valence-corrected chi connectivity index (χ4v) is 1.37. The van der Waals surface area contributed by atoms with Gasteiger partial charge < -0.3 is 10.6 Å². The third-order valence-corrected chi connectivity index (χ3v) is 2.12. The molecule has 72 valence electrons. The van der Waals surface area contributed by atoms with E-state index in [0.29, 0.717) is 12.7 Å². The molecule has 0 atom stereocenters. The number of allylic oxidation sites excluding steroid dienone is 1. The Morgan fingerprint density at radius 3 is 2.85 bits per heavy atom. The van der Waals surface area contributed by atoms with E-state index in [1.807, 2.05) is 13.0 Å². The zero-order chi connectivity index (χ0) is 9.52. The number of azide groups is 1. The van der Waals surface area contributed by atoms with Crippen molar-refractivity contribution in [3.8, 4) is 0 Å². The highest BCUT2D eigenvalue weighted by atomic mass is 15.2. The molecule has 2 N–H and O–H groups in total. The van der Waals surface area contributed by atoms with Gasteiger partial charge in [0, 0.05) is 24.5 Å². The summed E-state index contributed by atoms with van der Waals surface area (Å²) in [6.07, 6.45) is 3.27. The monoisotopic (exact) mass is 181 g/mol. The highest BCUT2D eigenvalue weighted by molar-refractivity contribution is 5.05. The maximum Gasteiger partial charge on any atom is 0.0610 e. The van der Waals surface area contributed by atoms with Gasteiger partial charge in [0.1, 0.15) is 0 Å². The van der Waals surface area contributed by atoms with Crippen LogP contribution in [-0.4, -0.2) is 25.8 Å². The molecule has 13 heavy (non-hydrogen) atoms. The van der Waals surface area contributed by atoms with E-state index >= 15 is 0 Å². The second-order valence-electron chi connectivity index (χ2n) is 3.00. The Balaban J connectivity index is 2.34. The lowest BCUT2D eigenvalue weighted by Gasteiger charge is -2.11. The van der Waals surface area contributed by atoms with E-state index in [-0.39, 0.29) is 0 Å². The summed E-state index contributed by atoms with van der Waals surface area (Å²) >= 11 is 0. The summed E-state index contributed by atoms with van der Waals surface area (Å²) in [5.41, 5.74) is 9.34. The van der Waals surface area contributed by atoms with Crippen molar-refractivity contribution in [2.75, 3.05) is 19.6 Å². The highest BCUT2D eigenvalue weighted by Gasteiger charge is 2.13. The van der Waals surface area contributed by atoms with Crippen LogP contribution in [0.3, 0.4) is 0 Å². The molecular weight excluding hydrogens is 166 g/mol. The van der Waals surface area contributed by atoms with Crippen molar-refractivity contribution in [2.45, 2.75) is 19.5 Å². The van der Waals surface area contributed by atoms with Gasteiger partial charge in [0.15, 0.2) is 0 Å². The first-order chi connectivity index (χ1) is 6.36. The minimum absolute atomic E-state index is 0.347. The summed E-state index contributed by atoms with van der Waals surface area (Å²) < 4.78 is 0. The number of rotatable bonds is 4. The average molecular weight is 181 g/mol. The van der Waals surface area contributed by atoms with Crippen LogP contribution in [0.2, 0.25) is 0 Å². The van der Waals surface area contributed by atoms with Crippen LogP contribution in [0, 0.1) is 0 Å². The Morgan fingerprint density at radius 2 is 2.31 bits per heavy atom. The summed E-state index contributed by atoms with van der Waals surface area (Å²) in [4.78, 5) is 2.74. The molecule has 0 spiro atoms. The Hall–Kier alpha value is -1.03. The molecule has 0 saturated carbocycles. The Bertz CT molecular complexity index is 223. The highest BCUT2D eigenvalue weighted by Crippen LogP contribution is 2.06. The topological polar surface area (TPSA) is 72.8 Å². The van der Waals surface area contributed by atoms with Crippen LogP contribution in [0.25, 0.3) is 10.4 Å². The Morgan fingerprint density at radius 1 is 1.62 bits per heavy atom. The van der Waals surface area contributed by atoms with Crippen molar-refractivity contribution >= 4 is 0 Å². The molecule has 0 bridgehead atoms. The zero-order valence-electron chi connectivity index (χ0n) is 7.82. The third-order valence-electron chi connectivity index (χ3n) is 2.12. The lowest BCUT2D eigenvalue weighted by Crippen LogP contribution is -2.31. The van der Waals surface area contributed by atoms with Crippen LogP contribution in [0.1, 0.15) is 13.3 Å². The molecule has 1 aliphatic rings. The number of nitrogens with zero attached hydrogens (tertiary/aromatic N) is 3. The molecule has 1 heterocycles. The zero-order valence-corrected chi connectivity index (χ0v) is 7.82. The van der Waals surface area contributed by atoms with Gasteiger partial charge in [-0.3, -0.25) is 0 Å². The molecule has 0 aromatic heterocycles. The summed E-state index contributed by atoms with van der Waals surface area (Å²) in [6.45, 7) is 4.48. The number of nitrogens with one attached hydrogen (secondary N) is 2. The van der Waals surface area contributed by atoms with Gasteiger partial charge >= 0.3 is 0 Å². The summed E-state index contributed by atoms with van der Waals surface area (Å²) in [5, 5.41) is 10.2. The molecule has 1 aliphatic heterocycles. The lowest BCUT2D eigenvalue weighted by atomic mass is 10.1. The van der Waals surface area contributed by atoms with Crippen LogP contribution in [0.5, 0.6) is 0 Å². The first kappa shape index (κ1) is 10.1. The molecule has 0 unspecified atom stereocenters. The van der Waals surface area contributed by atoms with Gasteiger partial charge in [0.25, 0.3) is 0 Å². The maximum atomic E-state index is 8.17. The molecule has 1 rings (SSSR count). The van der Waals surface area contributed by atoms with Gasteiger partial charge in [-0.15, -0.1) is 0 Å². The van der Waals surface area contributed by atoms with E-state index in [4.69, 9.17) is 5.53 Å². The van der Waals surface area contributed by atoms with E-state index < -0.39 is 0 Å². The SMILES string of the molecule is CC=C(CN=[N+]=[N-])CC1NCCN1. The first-order valence-electron chi connectivity index (χ1n) is 4.48. The molecule has 5 heteroatoms. The normalized spacial score (nSPS) is 18.7. The van der Waals surface area contributed by atoms with E-state index in [0.717, 1.165) is 19.5 Å². The minimum Gasteiger partial charge on any atom is -0.300 e. The van der Waals surface area contributed by atoms with Crippen molar-refractivity contribution in [1.82, 2.24) is 10.6 Å². The van der Waals surface area contributed by atoms with Gasteiger partial charge in [0.05, 0.1) is 6.17 Å². The van der Waals surface area contributed by atoms with Crippen LogP contribution in [-0.2, 0) is 0 Å². The standard InChI is InChI=1S/C8H15N5/c1-2-7(6-12-13-9)5-8-10-3-4-11-8/h2,8,10-11H,3-6H2,1H3. The van der Waals surface area contributed by atoms with Crippen molar-refractivity contribution in [3.05, 3.63) is 22.1 Å². The van der Waals surface area contributed by atoms with E-state index in [2.05, 4.69) is 20.7 Å².